The van der Waals surface area contributed by atoms with Crippen molar-refractivity contribution in [2.45, 2.75) is 4.90 Å². The van der Waals surface area contributed by atoms with Gasteiger partial charge in [-0.2, -0.15) is 0 Å². The van der Waals surface area contributed by atoms with Gasteiger partial charge < -0.3 is 5.73 Å². The van der Waals surface area contributed by atoms with E-state index in [1.165, 1.54) is 18.2 Å². The van der Waals surface area contributed by atoms with Crippen LogP contribution in [0.2, 0.25) is 0 Å². The molecule has 0 aliphatic rings. The molecule has 0 aliphatic carbocycles. The zero-order valence-electron chi connectivity index (χ0n) is 10.2. The van der Waals surface area contributed by atoms with Gasteiger partial charge in [0.2, 0.25) is 0 Å². The second-order valence-electron chi connectivity index (χ2n) is 4.04. The Balaban J connectivity index is 2.39. The predicted molar refractivity (Wildman–Crippen MR) is 75.7 cm³/mol. The summed E-state index contributed by atoms with van der Waals surface area (Å²) in [6.45, 7) is 0. The molecule has 112 valence electrons. The number of benzene rings is 2. The maximum Gasteiger partial charge on any atom is 0.261 e. The molecular weight excluding hydrogens is 373 g/mol. The van der Waals surface area contributed by atoms with Crippen LogP contribution in [0.4, 0.5) is 24.5 Å². The summed E-state index contributed by atoms with van der Waals surface area (Å²) in [6, 6.07) is 4.91. The highest BCUT2D eigenvalue weighted by molar-refractivity contribution is 9.10. The number of nitrogens with one attached hydrogen (secondary N) is 1. The third kappa shape index (κ3) is 3.30. The minimum Gasteiger partial charge on any atom is -0.398 e. The Labute approximate surface area is 127 Å². The van der Waals surface area contributed by atoms with Crippen molar-refractivity contribution in [3.8, 4) is 0 Å². The molecule has 2 aromatic carbocycles. The van der Waals surface area contributed by atoms with Gasteiger partial charge in [-0.3, -0.25) is 4.72 Å². The normalized spacial score (nSPS) is 11.4. The van der Waals surface area contributed by atoms with Crippen LogP contribution in [0.3, 0.4) is 0 Å². The van der Waals surface area contributed by atoms with Crippen molar-refractivity contribution in [1.82, 2.24) is 0 Å². The molecule has 0 unspecified atom stereocenters. The summed E-state index contributed by atoms with van der Waals surface area (Å²) >= 11 is 3.11. The number of halogens is 4. The van der Waals surface area contributed by atoms with Crippen molar-refractivity contribution in [3.05, 3.63) is 52.3 Å². The first-order chi connectivity index (χ1) is 9.70. The van der Waals surface area contributed by atoms with E-state index in [0.717, 1.165) is 0 Å². The van der Waals surface area contributed by atoms with E-state index >= 15 is 0 Å². The zero-order valence-corrected chi connectivity index (χ0v) is 12.6. The summed E-state index contributed by atoms with van der Waals surface area (Å²) < 4.78 is 65.5. The number of nitrogen functional groups attached to an aromatic ring is 1. The number of hydrogen-bond acceptors (Lipinski definition) is 3. The Morgan fingerprint density at radius 2 is 1.62 bits per heavy atom. The minimum absolute atomic E-state index is 0.175. The largest absolute Gasteiger partial charge is 0.398 e. The molecule has 4 nitrogen and oxygen atoms in total. The van der Waals surface area contributed by atoms with Gasteiger partial charge in [-0.05, 0) is 34.1 Å². The molecule has 0 heterocycles. The first kappa shape index (κ1) is 15.6. The van der Waals surface area contributed by atoms with Crippen LogP contribution >= 0.6 is 15.9 Å². The highest BCUT2D eigenvalue weighted by Gasteiger charge is 2.18. The van der Waals surface area contributed by atoms with Gasteiger partial charge >= 0.3 is 0 Å². The topological polar surface area (TPSA) is 72.2 Å². The summed E-state index contributed by atoms with van der Waals surface area (Å²) in [4.78, 5) is -0.201. The van der Waals surface area contributed by atoms with E-state index in [9.17, 15) is 21.6 Å². The Hall–Kier alpha value is -1.74. The van der Waals surface area contributed by atoms with Gasteiger partial charge in [0.05, 0.1) is 10.6 Å². The molecule has 0 amide bonds. The molecule has 0 aliphatic heterocycles. The zero-order chi connectivity index (χ0) is 15.8. The Morgan fingerprint density at radius 3 is 2.14 bits per heavy atom. The lowest BCUT2D eigenvalue weighted by molar-refractivity contribution is 0.448. The van der Waals surface area contributed by atoms with E-state index in [-0.39, 0.29) is 10.6 Å². The Morgan fingerprint density at radius 1 is 1.05 bits per heavy atom. The van der Waals surface area contributed by atoms with Crippen molar-refractivity contribution >= 4 is 37.3 Å². The van der Waals surface area contributed by atoms with Crippen LogP contribution in [0.25, 0.3) is 0 Å². The van der Waals surface area contributed by atoms with Gasteiger partial charge in [-0.1, -0.05) is 0 Å². The summed E-state index contributed by atoms with van der Waals surface area (Å²) in [7, 11) is -4.11. The summed E-state index contributed by atoms with van der Waals surface area (Å²) in [5.74, 6) is -4.67. The SMILES string of the molecule is Nc1cc(S(=O)(=O)Nc2cc(F)c(F)c(F)c2)ccc1Br. The van der Waals surface area contributed by atoms with E-state index in [2.05, 4.69) is 15.9 Å². The molecule has 0 saturated heterocycles. The number of nitrogens with two attached hydrogens (primary N) is 1. The highest BCUT2D eigenvalue weighted by Crippen LogP contribution is 2.25. The van der Waals surface area contributed by atoms with E-state index in [1.54, 1.807) is 0 Å². The van der Waals surface area contributed by atoms with Gasteiger partial charge in [0.15, 0.2) is 17.5 Å². The van der Waals surface area contributed by atoms with Crippen LogP contribution in [0.15, 0.2) is 39.7 Å². The first-order valence-electron chi connectivity index (χ1n) is 5.43. The lowest BCUT2D eigenvalue weighted by atomic mass is 10.3. The quantitative estimate of drug-likeness (QED) is 0.634. The van der Waals surface area contributed by atoms with Crippen LogP contribution in [0.5, 0.6) is 0 Å². The van der Waals surface area contributed by atoms with Crippen molar-refractivity contribution < 1.29 is 21.6 Å². The average molecular weight is 381 g/mol. The van der Waals surface area contributed by atoms with Gasteiger partial charge in [-0.15, -0.1) is 0 Å². The van der Waals surface area contributed by atoms with Crippen LogP contribution in [0.1, 0.15) is 0 Å². The maximum atomic E-state index is 13.1. The van der Waals surface area contributed by atoms with Gasteiger partial charge in [-0.25, -0.2) is 21.6 Å². The van der Waals surface area contributed by atoms with Crippen molar-refractivity contribution in [1.29, 1.82) is 0 Å². The second-order valence-corrected chi connectivity index (χ2v) is 6.58. The van der Waals surface area contributed by atoms with Crippen molar-refractivity contribution in [2.75, 3.05) is 10.5 Å². The van der Waals surface area contributed by atoms with Crippen LogP contribution in [-0.2, 0) is 10.0 Å². The van der Waals surface area contributed by atoms with Crippen LogP contribution in [0, 0.1) is 17.5 Å². The van der Waals surface area contributed by atoms with Crippen LogP contribution in [-0.4, -0.2) is 8.42 Å². The summed E-state index contributed by atoms with van der Waals surface area (Å²) in [5.41, 5.74) is 5.31. The van der Waals surface area contributed by atoms with E-state index in [0.29, 0.717) is 16.6 Å². The molecule has 0 spiro atoms. The monoisotopic (exact) mass is 380 g/mol. The van der Waals surface area contributed by atoms with Crippen molar-refractivity contribution in [2.24, 2.45) is 0 Å². The molecule has 0 aromatic heterocycles. The van der Waals surface area contributed by atoms with Crippen LogP contribution < -0.4 is 10.5 Å². The summed E-state index contributed by atoms with van der Waals surface area (Å²) in [6.07, 6.45) is 0. The fourth-order valence-corrected chi connectivity index (χ4v) is 2.84. The molecule has 0 fully saturated rings. The van der Waals surface area contributed by atoms with E-state index in [4.69, 9.17) is 5.73 Å². The van der Waals surface area contributed by atoms with E-state index in [1.807, 2.05) is 4.72 Å². The molecule has 3 N–H and O–H groups in total. The van der Waals surface area contributed by atoms with Gasteiger partial charge in [0.25, 0.3) is 10.0 Å². The van der Waals surface area contributed by atoms with Gasteiger partial charge in [0.1, 0.15) is 0 Å². The third-order valence-corrected chi connectivity index (χ3v) is 4.61. The number of anilines is 2. The van der Waals surface area contributed by atoms with E-state index < -0.39 is 33.2 Å². The maximum absolute atomic E-state index is 13.1. The fourth-order valence-electron chi connectivity index (χ4n) is 1.52. The molecule has 0 radical (unpaired) electrons. The lowest BCUT2D eigenvalue weighted by Crippen LogP contribution is -2.14. The molecule has 9 heteroatoms. The molecule has 0 bridgehead atoms. The smallest absolute Gasteiger partial charge is 0.261 e. The fraction of sp³-hybridized carbons (Fsp3) is 0. The third-order valence-electron chi connectivity index (χ3n) is 2.51. The highest BCUT2D eigenvalue weighted by atomic mass is 79.9. The standard InChI is InChI=1S/C12H8BrF3N2O2S/c13-8-2-1-7(5-11(8)17)21(19,20)18-6-3-9(14)12(16)10(15)4-6/h1-5,18H,17H2. The molecule has 21 heavy (non-hydrogen) atoms. The summed E-state index contributed by atoms with van der Waals surface area (Å²) in [5, 5.41) is 0. The molecule has 0 atom stereocenters. The molecule has 2 rings (SSSR count). The van der Waals surface area contributed by atoms with Crippen molar-refractivity contribution in [3.63, 3.8) is 0 Å². The molecule has 0 saturated carbocycles. The number of rotatable bonds is 3. The van der Waals surface area contributed by atoms with Gasteiger partial charge in [0, 0.05) is 22.3 Å². The Bertz CT molecular complexity index is 789. The molecule has 2 aromatic rings. The lowest BCUT2D eigenvalue weighted by Gasteiger charge is -2.10. The second kappa shape index (κ2) is 5.57. The molecular formula is C12H8BrF3N2O2S. The predicted octanol–water partition coefficient (Wildman–Crippen LogP) is 3.25. The Kier molecular flexibility index (Phi) is 4.15. The minimum atomic E-state index is -4.11. The number of hydrogen-bond donors (Lipinski definition) is 2. The first-order valence-corrected chi connectivity index (χ1v) is 7.71. The average Bonchev–Trinajstić information content (AvgIpc) is 2.38. The number of sulfonamides is 1.